The van der Waals surface area contributed by atoms with Gasteiger partial charge in [-0.1, -0.05) is 24.3 Å². The molecule has 0 fully saturated rings. The lowest BCUT2D eigenvalue weighted by Gasteiger charge is -2.11. The van der Waals surface area contributed by atoms with Crippen LogP contribution in [0.3, 0.4) is 0 Å². The van der Waals surface area contributed by atoms with Gasteiger partial charge in [0.25, 0.3) is 0 Å². The number of hydrogen-bond donors (Lipinski definition) is 2. The molecule has 0 bridgehead atoms. The average molecular weight is 378 g/mol. The maximum Gasteiger partial charge on any atom is 0.225 e. The first-order valence-corrected chi connectivity index (χ1v) is 9.25. The van der Waals surface area contributed by atoms with Crippen molar-refractivity contribution in [1.82, 2.24) is 9.97 Å². The van der Waals surface area contributed by atoms with Gasteiger partial charge in [-0.3, -0.25) is 0 Å². The van der Waals surface area contributed by atoms with Crippen molar-refractivity contribution in [1.29, 1.82) is 0 Å². The van der Waals surface area contributed by atoms with Crippen LogP contribution in [-0.2, 0) is 13.0 Å². The number of benzene rings is 2. The van der Waals surface area contributed by atoms with Gasteiger partial charge < -0.3 is 20.1 Å². The molecule has 0 aliphatic heterocycles. The van der Waals surface area contributed by atoms with Crippen molar-refractivity contribution < 1.29 is 9.47 Å². The number of nitrogens with one attached hydrogen (secondary N) is 2. The molecule has 0 unspecified atom stereocenters. The molecule has 0 aliphatic carbocycles. The summed E-state index contributed by atoms with van der Waals surface area (Å²) in [6.45, 7) is 3.39. The molecule has 0 atom stereocenters. The number of rotatable bonds is 9. The lowest BCUT2D eigenvalue weighted by molar-refractivity contribution is 0.414. The summed E-state index contributed by atoms with van der Waals surface area (Å²) in [5.41, 5.74) is 3.27. The maximum atomic E-state index is 5.27. The fraction of sp³-hybridized carbons (Fsp3) is 0.273. The predicted octanol–water partition coefficient (Wildman–Crippen LogP) is 4.07. The van der Waals surface area contributed by atoms with Crippen LogP contribution in [0.15, 0.2) is 54.6 Å². The third-order valence-electron chi connectivity index (χ3n) is 4.32. The molecule has 28 heavy (non-hydrogen) atoms. The molecule has 1 heterocycles. The number of nitrogens with zero attached hydrogens (tertiary/aromatic N) is 2. The van der Waals surface area contributed by atoms with Gasteiger partial charge in [0.05, 0.1) is 14.2 Å². The van der Waals surface area contributed by atoms with Crippen molar-refractivity contribution >= 4 is 11.8 Å². The van der Waals surface area contributed by atoms with Gasteiger partial charge in [0, 0.05) is 24.8 Å². The molecule has 0 saturated heterocycles. The molecule has 0 spiro atoms. The quantitative estimate of drug-likeness (QED) is 0.585. The third-order valence-corrected chi connectivity index (χ3v) is 4.32. The van der Waals surface area contributed by atoms with E-state index in [-0.39, 0.29) is 0 Å². The fourth-order valence-corrected chi connectivity index (χ4v) is 2.83. The highest BCUT2D eigenvalue weighted by atomic mass is 16.5. The Bertz CT molecular complexity index is 897. The van der Waals surface area contributed by atoms with Gasteiger partial charge in [-0.15, -0.1) is 0 Å². The molecule has 0 saturated carbocycles. The van der Waals surface area contributed by atoms with Gasteiger partial charge in [0.2, 0.25) is 5.95 Å². The molecule has 3 rings (SSSR count). The molecule has 146 valence electrons. The molecule has 0 radical (unpaired) electrons. The van der Waals surface area contributed by atoms with Gasteiger partial charge >= 0.3 is 0 Å². The summed E-state index contributed by atoms with van der Waals surface area (Å²) in [6, 6.07) is 18.0. The predicted molar refractivity (Wildman–Crippen MR) is 112 cm³/mol. The van der Waals surface area contributed by atoms with E-state index < -0.39 is 0 Å². The SMILES string of the molecule is COc1ccc(CNc2nc(C)cc(NCCc3cccc(OC)c3)n2)cc1. The first-order valence-electron chi connectivity index (χ1n) is 9.25. The Morgan fingerprint density at radius 3 is 2.36 bits per heavy atom. The van der Waals surface area contributed by atoms with Gasteiger partial charge in [-0.25, -0.2) is 4.98 Å². The zero-order valence-corrected chi connectivity index (χ0v) is 16.5. The summed E-state index contributed by atoms with van der Waals surface area (Å²) in [5, 5.41) is 6.66. The van der Waals surface area contributed by atoms with Gasteiger partial charge in [0.15, 0.2) is 0 Å². The molecule has 0 amide bonds. The molecule has 6 heteroatoms. The van der Waals surface area contributed by atoms with Crippen molar-refractivity contribution in [3.05, 3.63) is 71.4 Å². The zero-order chi connectivity index (χ0) is 19.8. The van der Waals surface area contributed by atoms with Crippen molar-refractivity contribution in [2.45, 2.75) is 19.9 Å². The largest absolute Gasteiger partial charge is 0.497 e. The first-order chi connectivity index (χ1) is 13.7. The van der Waals surface area contributed by atoms with Crippen LogP contribution in [0, 0.1) is 6.92 Å². The molecule has 2 N–H and O–H groups in total. The van der Waals surface area contributed by atoms with E-state index in [0.717, 1.165) is 41.5 Å². The highest BCUT2D eigenvalue weighted by molar-refractivity contribution is 5.43. The van der Waals surface area contributed by atoms with E-state index in [1.165, 1.54) is 5.56 Å². The smallest absolute Gasteiger partial charge is 0.225 e. The topological polar surface area (TPSA) is 68.3 Å². The van der Waals surface area contributed by atoms with Gasteiger partial charge in [-0.2, -0.15) is 4.98 Å². The van der Waals surface area contributed by atoms with E-state index in [4.69, 9.17) is 9.47 Å². The summed E-state index contributed by atoms with van der Waals surface area (Å²) in [4.78, 5) is 9.03. The van der Waals surface area contributed by atoms with E-state index in [1.807, 2.05) is 49.4 Å². The molecular formula is C22H26N4O2. The van der Waals surface area contributed by atoms with Crippen LogP contribution >= 0.6 is 0 Å². The Morgan fingerprint density at radius 1 is 0.821 bits per heavy atom. The summed E-state index contributed by atoms with van der Waals surface area (Å²) >= 11 is 0. The molecular weight excluding hydrogens is 352 g/mol. The standard InChI is InChI=1S/C22H26N4O2/c1-16-13-21(23-12-11-17-5-4-6-20(14-17)28-3)26-22(25-16)24-15-18-7-9-19(27-2)10-8-18/h4-10,13-14H,11-12,15H2,1-3H3,(H2,23,24,25,26). The van der Waals surface area contributed by atoms with Crippen LogP contribution < -0.4 is 20.1 Å². The Kier molecular flexibility index (Phi) is 6.68. The minimum absolute atomic E-state index is 0.611. The van der Waals surface area contributed by atoms with Crippen molar-refractivity contribution in [3.8, 4) is 11.5 Å². The second-order valence-corrected chi connectivity index (χ2v) is 6.45. The minimum atomic E-state index is 0.611. The second-order valence-electron chi connectivity index (χ2n) is 6.45. The van der Waals surface area contributed by atoms with E-state index in [9.17, 15) is 0 Å². The second kappa shape index (κ2) is 9.60. The highest BCUT2D eigenvalue weighted by Crippen LogP contribution is 2.15. The van der Waals surface area contributed by atoms with Crippen LogP contribution in [0.2, 0.25) is 0 Å². The lowest BCUT2D eigenvalue weighted by Crippen LogP contribution is -2.10. The molecule has 0 aliphatic rings. The number of anilines is 2. The van der Waals surface area contributed by atoms with E-state index in [0.29, 0.717) is 12.5 Å². The minimum Gasteiger partial charge on any atom is -0.497 e. The van der Waals surface area contributed by atoms with Crippen LogP contribution in [0.5, 0.6) is 11.5 Å². The average Bonchev–Trinajstić information content (AvgIpc) is 2.72. The fourth-order valence-electron chi connectivity index (χ4n) is 2.83. The number of hydrogen-bond acceptors (Lipinski definition) is 6. The van der Waals surface area contributed by atoms with Crippen LogP contribution in [0.25, 0.3) is 0 Å². The van der Waals surface area contributed by atoms with Crippen molar-refractivity contribution in [2.75, 3.05) is 31.4 Å². The van der Waals surface area contributed by atoms with Crippen LogP contribution in [0.1, 0.15) is 16.8 Å². The summed E-state index contributed by atoms with van der Waals surface area (Å²) in [6.07, 6.45) is 0.884. The Labute approximate surface area is 166 Å². The Morgan fingerprint density at radius 2 is 1.61 bits per heavy atom. The van der Waals surface area contributed by atoms with E-state index in [2.05, 4.69) is 32.7 Å². The third kappa shape index (κ3) is 5.61. The highest BCUT2D eigenvalue weighted by Gasteiger charge is 2.03. The van der Waals surface area contributed by atoms with Gasteiger partial charge in [-0.05, 0) is 48.7 Å². The molecule has 3 aromatic rings. The van der Waals surface area contributed by atoms with Crippen LogP contribution in [0.4, 0.5) is 11.8 Å². The first kappa shape index (κ1) is 19.5. The number of aryl methyl sites for hydroxylation is 1. The zero-order valence-electron chi connectivity index (χ0n) is 16.5. The molecule has 6 nitrogen and oxygen atoms in total. The lowest BCUT2D eigenvalue weighted by atomic mass is 10.1. The van der Waals surface area contributed by atoms with Crippen LogP contribution in [-0.4, -0.2) is 30.7 Å². The number of ether oxygens (including phenoxy) is 2. The normalized spacial score (nSPS) is 10.4. The molecule has 2 aromatic carbocycles. The Hall–Kier alpha value is -3.28. The van der Waals surface area contributed by atoms with E-state index in [1.54, 1.807) is 14.2 Å². The van der Waals surface area contributed by atoms with Gasteiger partial charge in [0.1, 0.15) is 17.3 Å². The summed E-state index contributed by atoms with van der Waals surface area (Å²) in [7, 11) is 3.35. The monoisotopic (exact) mass is 378 g/mol. The number of aromatic nitrogens is 2. The van der Waals surface area contributed by atoms with Crippen molar-refractivity contribution in [2.24, 2.45) is 0 Å². The van der Waals surface area contributed by atoms with Crippen molar-refractivity contribution in [3.63, 3.8) is 0 Å². The number of methoxy groups -OCH3 is 2. The summed E-state index contributed by atoms with van der Waals surface area (Å²) < 4.78 is 10.5. The van der Waals surface area contributed by atoms with E-state index >= 15 is 0 Å². The summed E-state index contributed by atoms with van der Waals surface area (Å²) in [5.74, 6) is 3.14. The Balaban J connectivity index is 1.56. The maximum absolute atomic E-state index is 5.27. The molecule has 1 aromatic heterocycles.